The maximum Gasteiger partial charge on any atom is 0.401 e. The highest BCUT2D eigenvalue weighted by Gasteiger charge is 2.31. The van der Waals surface area contributed by atoms with E-state index in [2.05, 4.69) is 10.4 Å². The molecule has 21 heavy (non-hydrogen) atoms. The molecule has 1 aliphatic rings. The maximum atomic E-state index is 12.1. The molecule has 2 rings (SSSR count). The van der Waals surface area contributed by atoms with Crippen molar-refractivity contribution in [2.24, 2.45) is 0 Å². The number of nitrogens with zero attached hydrogens (tertiary/aromatic N) is 2. The standard InChI is InChI=1S/C12H18F3N3O2S/c1-8-11(5-16-7-12(13,14)15)9(2)18(17-8)10-3-4-21(19,20)6-10/h10,16H,3-7H2,1-2H3. The number of hydrogen-bond donors (Lipinski definition) is 1. The number of aromatic nitrogens is 2. The molecule has 0 amide bonds. The predicted octanol–water partition coefficient (Wildman–Crippen LogP) is 1.51. The fourth-order valence-corrected chi connectivity index (χ4v) is 4.30. The van der Waals surface area contributed by atoms with Crippen molar-refractivity contribution in [3.8, 4) is 0 Å². The molecule has 5 nitrogen and oxygen atoms in total. The summed E-state index contributed by atoms with van der Waals surface area (Å²) in [5, 5.41) is 6.65. The van der Waals surface area contributed by atoms with Gasteiger partial charge in [-0.1, -0.05) is 0 Å². The summed E-state index contributed by atoms with van der Waals surface area (Å²) >= 11 is 0. The first kappa shape index (κ1) is 16.3. The van der Waals surface area contributed by atoms with Gasteiger partial charge in [0.05, 0.1) is 29.8 Å². The van der Waals surface area contributed by atoms with Gasteiger partial charge in [-0.05, 0) is 20.3 Å². The van der Waals surface area contributed by atoms with Gasteiger partial charge in [0, 0.05) is 17.8 Å². The van der Waals surface area contributed by atoms with Gasteiger partial charge >= 0.3 is 6.18 Å². The van der Waals surface area contributed by atoms with Gasteiger partial charge in [0.15, 0.2) is 9.84 Å². The number of rotatable bonds is 4. The largest absolute Gasteiger partial charge is 0.401 e. The van der Waals surface area contributed by atoms with Crippen LogP contribution >= 0.6 is 0 Å². The van der Waals surface area contributed by atoms with E-state index < -0.39 is 22.6 Å². The minimum atomic E-state index is -4.25. The van der Waals surface area contributed by atoms with E-state index in [4.69, 9.17) is 0 Å². The van der Waals surface area contributed by atoms with Crippen molar-refractivity contribution in [2.75, 3.05) is 18.1 Å². The maximum absolute atomic E-state index is 12.1. The Morgan fingerprint density at radius 2 is 2.05 bits per heavy atom. The average molecular weight is 325 g/mol. The van der Waals surface area contributed by atoms with E-state index in [1.807, 2.05) is 0 Å². The molecule has 1 aromatic heterocycles. The molecule has 0 bridgehead atoms. The molecular weight excluding hydrogens is 307 g/mol. The molecule has 0 aromatic carbocycles. The van der Waals surface area contributed by atoms with E-state index in [0.29, 0.717) is 17.7 Å². The highest BCUT2D eigenvalue weighted by atomic mass is 32.2. The average Bonchev–Trinajstić information content (AvgIpc) is 2.81. The van der Waals surface area contributed by atoms with Gasteiger partial charge in [-0.15, -0.1) is 0 Å². The molecule has 120 valence electrons. The van der Waals surface area contributed by atoms with E-state index in [-0.39, 0.29) is 24.1 Å². The van der Waals surface area contributed by atoms with Crippen LogP contribution in [-0.2, 0) is 16.4 Å². The van der Waals surface area contributed by atoms with Gasteiger partial charge in [-0.3, -0.25) is 4.68 Å². The Labute approximate surface area is 121 Å². The Hall–Kier alpha value is -1.09. The van der Waals surface area contributed by atoms with Crippen LogP contribution in [0.15, 0.2) is 0 Å². The summed E-state index contributed by atoms with van der Waals surface area (Å²) in [7, 11) is -3.03. The number of nitrogens with one attached hydrogen (secondary N) is 1. The predicted molar refractivity (Wildman–Crippen MR) is 71.8 cm³/mol. The van der Waals surface area contributed by atoms with E-state index in [9.17, 15) is 21.6 Å². The first-order chi connectivity index (χ1) is 9.59. The highest BCUT2D eigenvalue weighted by Crippen LogP contribution is 2.26. The zero-order chi connectivity index (χ0) is 15.8. The second-order valence-electron chi connectivity index (χ2n) is 5.37. The van der Waals surface area contributed by atoms with Crippen LogP contribution in [0.1, 0.15) is 29.4 Å². The number of halogens is 3. The zero-order valence-electron chi connectivity index (χ0n) is 11.9. The number of hydrogen-bond acceptors (Lipinski definition) is 4. The quantitative estimate of drug-likeness (QED) is 0.911. The number of sulfone groups is 1. The lowest BCUT2D eigenvalue weighted by atomic mass is 10.2. The summed E-state index contributed by atoms with van der Waals surface area (Å²) < 4.78 is 61.1. The summed E-state index contributed by atoms with van der Waals surface area (Å²) in [5.41, 5.74) is 2.05. The Morgan fingerprint density at radius 1 is 1.38 bits per heavy atom. The molecule has 0 radical (unpaired) electrons. The van der Waals surface area contributed by atoms with Crippen molar-refractivity contribution in [2.45, 2.75) is 39.0 Å². The molecule has 0 saturated carbocycles. The monoisotopic (exact) mass is 325 g/mol. The van der Waals surface area contributed by atoms with Crippen molar-refractivity contribution >= 4 is 9.84 Å². The van der Waals surface area contributed by atoms with Crippen LogP contribution in [0.25, 0.3) is 0 Å². The summed E-state index contributed by atoms with van der Waals surface area (Å²) in [6, 6.07) is -0.218. The van der Waals surface area contributed by atoms with Crippen molar-refractivity contribution in [1.29, 1.82) is 0 Å². The molecule has 1 atom stereocenters. The zero-order valence-corrected chi connectivity index (χ0v) is 12.7. The van der Waals surface area contributed by atoms with Gasteiger partial charge in [-0.25, -0.2) is 8.42 Å². The Morgan fingerprint density at radius 3 is 2.57 bits per heavy atom. The van der Waals surface area contributed by atoms with Crippen molar-refractivity contribution in [1.82, 2.24) is 15.1 Å². The molecular formula is C12H18F3N3O2S. The third-order valence-corrected chi connectivity index (χ3v) is 5.41. The molecule has 1 unspecified atom stereocenters. The lowest BCUT2D eigenvalue weighted by Crippen LogP contribution is -2.28. The molecule has 1 N–H and O–H groups in total. The van der Waals surface area contributed by atoms with Crippen LogP contribution in [0.4, 0.5) is 13.2 Å². The van der Waals surface area contributed by atoms with Crippen molar-refractivity contribution in [3.05, 3.63) is 17.0 Å². The van der Waals surface area contributed by atoms with Crippen LogP contribution < -0.4 is 5.32 Å². The second-order valence-corrected chi connectivity index (χ2v) is 7.60. The molecule has 1 fully saturated rings. The smallest absolute Gasteiger partial charge is 0.304 e. The fraction of sp³-hybridized carbons (Fsp3) is 0.750. The summed E-state index contributed by atoms with van der Waals surface area (Å²) in [4.78, 5) is 0. The van der Waals surface area contributed by atoms with Crippen LogP contribution in [0.5, 0.6) is 0 Å². The Kier molecular flexibility index (Phi) is 4.34. The van der Waals surface area contributed by atoms with Crippen molar-refractivity contribution in [3.63, 3.8) is 0 Å². The second kappa shape index (κ2) is 5.60. The van der Waals surface area contributed by atoms with Crippen LogP contribution in [-0.4, -0.2) is 42.4 Å². The van der Waals surface area contributed by atoms with Gasteiger partial charge in [0.2, 0.25) is 0 Å². The SMILES string of the molecule is Cc1nn(C2CCS(=O)(=O)C2)c(C)c1CNCC(F)(F)F. The van der Waals surface area contributed by atoms with E-state index in [1.165, 1.54) is 0 Å². The first-order valence-corrected chi connectivity index (χ1v) is 8.44. The minimum Gasteiger partial charge on any atom is -0.304 e. The summed E-state index contributed by atoms with van der Waals surface area (Å²) in [6.07, 6.45) is -3.75. The van der Waals surface area contributed by atoms with Gasteiger partial charge in [0.1, 0.15) is 0 Å². The van der Waals surface area contributed by atoms with Gasteiger partial charge < -0.3 is 5.32 Å². The molecule has 2 heterocycles. The molecule has 9 heteroatoms. The van der Waals surface area contributed by atoms with Crippen LogP contribution in [0, 0.1) is 13.8 Å². The normalized spacial score (nSPS) is 21.9. The summed E-state index contributed by atoms with van der Waals surface area (Å²) in [6.45, 7) is 2.48. The molecule has 1 aromatic rings. The van der Waals surface area contributed by atoms with Gasteiger partial charge in [0.25, 0.3) is 0 Å². The molecule has 0 spiro atoms. The van der Waals surface area contributed by atoms with E-state index >= 15 is 0 Å². The number of alkyl halides is 3. The van der Waals surface area contributed by atoms with E-state index in [1.54, 1.807) is 18.5 Å². The third-order valence-electron chi connectivity index (χ3n) is 3.66. The lowest BCUT2D eigenvalue weighted by Gasteiger charge is -2.12. The topological polar surface area (TPSA) is 64.0 Å². The van der Waals surface area contributed by atoms with Crippen molar-refractivity contribution < 1.29 is 21.6 Å². The first-order valence-electron chi connectivity index (χ1n) is 6.61. The number of aryl methyl sites for hydroxylation is 1. The van der Waals surface area contributed by atoms with Crippen LogP contribution in [0.2, 0.25) is 0 Å². The van der Waals surface area contributed by atoms with E-state index in [0.717, 1.165) is 5.69 Å². The molecule has 0 aliphatic carbocycles. The molecule has 1 aliphatic heterocycles. The Bertz CT molecular complexity index is 622. The lowest BCUT2D eigenvalue weighted by molar-refractivity contribution is -0.125. The van der Waals surface area contributed by atoms with Gasteiger partial charge in [-0.2, -0.15) is 18.3 Å². The van der Waals surface area contributed by atoms with Crippen LogP contribution in [0.3, 0.4) is 0 Å². The molecule has 1 saturated heterocycles. The minimum absolute atomic E-state index is 0.0460. The third kappa shape index (κ3) is 3.97. The summed E-state index contributed by atoms with van der Waals surface area (Å²) in [5.74, 6) is 0.183. The highest BCUT2D eigenvalue weighted by molar-refractivity contribution is 7.91. The fourth-order valence-electron chi connectivity index (χ4n) is 2.61. The Balaban J connectivity index is 2.11.